The number of nitrogens with zero attached hydrogens (tertiary/aromatic N) is 3. The van der Waals surface area contributed by atoms with E-state index in [1.54, 1.807) is 48.5 Å². The van der Waals surface area contributed by atoms with Crippen molar-refractivity contribution in [3.8, 4) is 23.1 Å². The van der Waals surface area contributed by atoms with Crippen molar-refractivity contribution >= 4 is 11.6 Å². The number of anilines is 1. The van der Waals surface area contributed by atoms with Gasteiger partial charge in [0.25, 0.3) is 5.91 Å². The van der Waals surface area contributed by atoms with Gasteiger partial charge in [-0.1, -0.05) is 44.2 Å². The van der Waals surface area contributed by atoms with Gasteiger partial charge in [-0.25, -0.2) is 4.68 Å². The summed E-state index contributed by atoms with van der Waals surface area (Å²) in [7, 11) is 0. The molecule has 0 spiro atoms. The van der Waals surface area contributed by atoms with Crippen LogP contribution in [-0.2, 0) is 6.18 Å². The number of carbonyl (C=O) groups is 1. The molecule has 4 aromatic rings. The normalized spacial score (nSPS) is 11.5. The molecule has 0 aliphatic carbocycles. The van der Waals surface area contributed by atoms with Crippen molar-refractivity contribution in [2.24, 2.45) is 5.92 Å². The SMILES string of the molecule is CC(C)COc1nc(-c2ccc(C(F)(F)F)cc2)n(-c2ccc(NC(=O)c3ccccc3)cc2)n1. The number of amides is 1. The maximum atomic E-state index is 13.0. The summed E-state index contributed by atoms with van der Waals surface area (Å²) >= 11 is 0. The third-order valence-corrected chi connectivity index (χ3v) is 5.01. The molecule has 0 saturated heterocycles. The van der Waals surface area contributed by atoms with Crippen LogP contribution in [0, 0.1) is 5.92 Å². The standard InChI is InChI=1S/C26H23F3N4O2/c1-17(2)16-35-25-31-23(18-8-10-20(11-9-18)26(27,28)29)33(32-25)22-14-12-21(13-15-22)30-24(34)19-6-4-3-5-7-19/h3-15,17H,16H2,1-2H3,(H,30,34). The molecular weight excluding hydrogens is 457 g/mol. The summed E-state index contributed by atoms with van der Waals surface area (Å²) in [6.45, 7) is 4.35. The van der Waals surface area contributed by atoms with Gasteiger partial charge in [-0.3, -0.25) is 4.79 Å². The number of hydrogen-bond donors (Lipinski definition) is 1. The van der Waals surface area contributed by atoms with Gasteiger partial charge in [0.05, 0.1) is 17.9 Å². The highest BCUT2D eigenvalue weighted by molar-refractivity contribution is 6.04. The van der Waals surface area contributed by atoms with Crippen LogP contribution >= 0.6 is 0 Å². The molecular formula is C26H23F3N4O2. The van der Waals surface area contributed by atoms with Crippen molar-refractivity contribution < 1.29 is 22.7 Å². The Morgan fingerprint density at radius 2 is 1.63 bits per heavy atom. The lowest BCUT2D eigenvalue weighted by Crippen LogP contribution is -2.11. The van der Waals surface area contributed by atoms with Gasteiger partial charge in [0.1, 0.15) is 0 Å². The number of benzene rings is 3. The highest BCUT2D eigenvalue weighted by Gasteiger charge is 2.30. The summed E-state index contributed by atoms with van der Waals surface area (Å²) < 4.78 is 46.2. The molecule has 0 radical (unpaired) electrons. The van der Waals surface area contributed by atoms with Crippen LogP contribution in [0.3, 0.4) is 0 Å². The second-order valence-electron chi connectivity index (χ2n) is 8.28. The fourth-order valence-electron chi connectivity index (χ4n) is 3.25. The first-order valence-electron chi connectivity index (χ1n) is 10.9. The Morgan fingerprint density at radius 1 is 0.971 bits per heavy atom. The zero-order valence-electron chi connectivity index (χ0n) is 19.1. The second-order valence-corrected chi connectivity index (χ2v) is 8.28. The Labute approximate surface area is 200 Å². The molecule has 0 bridgehead atoms. The highest BCUT2D eigenvalue weighted by Crippen LogP contribution is 2.31. The van der Waals surface area contributed by atoms with Gasteiger partial charge in [0.15, 0.2) is 5.82 Å². The molecule has 1 amide bonds. The van der Waals surface area contributed by atoms with Gasteiger partial charge in [-0.15, -0.1) is 5.10 Å². The maximum absolute atomic E-state index is 13.0. The van der Waals surface area contributed by atoms with Crippen molar-refractivity contribution in [3.63, 3.8) is 0 Å². The van der Waals surface area contributed by atoms with E-state index in [1.807, 2.05) is 19.9 Å². The third kappa shape index (κ3) is 5.87. The Morgan fingerprint density at radius 3 is 2.23 bits per heavy atom. The van der Waals surface area contributed by atoms with Gasteiger partial charge in [-0.05, 0) is 54.4 Å². The topological polar surface area (TPSA) is 69.0 Å². The highest BCUT2D eigenvalue weighted by atomic mass is 19.4. The van der Waals surface area contributed by atoms with Crippen molar-refractivity contribution in [2.75, 3.05) is 11.9 Å². The van der Waals surface area contributed by atoms with Crippen LogP contribution in [-0.4, -0.2) is 27.3 Å². The molecule has 0 fully saturated rings. The summed E-state index contributed by atoms with van der Waals surface area (Å²) in [5.41, 5.74) is 1.41. The second kappa shape index (κ2) is 10.0. The lowest BCUT2D eigenvalue weighted by atomic mass is 10.1. The van der Waals surface area contributed by atoms with E-state index in [-0.39, 0.29) is 17.8 Å². The van der Waals surface area contributed by atoms with E-state index in [0.717, 1.165) is 12.1 Å². The van der Waals surface area contributed by atoms with E-state index in [9.17, 15) is 18.0 Å². The number of rotatable bonds is 7. The number of aromatic nitrogens is 3. The largest absolute Gasteiger partial charge is 0.462 e. The minimum atomic E-state index is -4.43. The van der Waals surface area contributed by atoms with Gasteiger partial charge < -0.3 is 10.1 Å². The molecule has 6 nitrogen and oxygen atoms in total. The molecule has 0 unspecified atom stereocenters. The fourth-order valence-corrected chi connectivity index (χ4v) is 3.25. The van der Waals surface area contributed by atoms with E-state index in [2.05, 4.69) is 15.4 Å². The summed E-state index contributed by atoms with van der Waals surface area (Å²) in [6.07, 6.45) is -4.43. The van der Waals surface area contributed by atoms with Crippen molar-refractivity contribution in [1.29, 1.82) is 0 Å². The van der Waals surface area contributed by atoms with Crippen molar-refractivity contribution in [2.45, 2.75) is 20.0 Å². The van der Waals surface area contributed by atoms with E-state index >= 15 is 0 Å². The van der Waals surface area contributed by atoms with E-state index in [0.29, 0.717) is 34.9 Å². The quantitative estimate of drug-likeness (QED) is 0.340. The lowest BCUT2D eigenvalue weighted by molar-refractivity contribution is -0.137. The molecule has 1 heterocycles. The van der Waals surface area contributed by atoms with Gasteiger partial charge in [0, 0.05) is 16.8 Å². The molecule has 0 atom stereocenters. The Balaban J connectivity index is 1.63. The van der Waals surface area contributed by atoms with Crippen LogP contribution in [0.5, 0.6) is 6.01 Å². The van der Waals surface area contributed by atoms with Crippen molar-refractivity contribution in [3.05, 3.63) is 90.0 Å². The first-order valence-corrected chi connectivity index (χ1v) is 10.9. The minimum Gasteiger partial charge on any atom is -0.462 e. The molecule has 0 aliphatic rings. The smallest absolute Gasteiger partial charge is 0.416 e. The van der Waals surface area contributed by atoms with Crippen LogP contribution < -0.4 is 10.1 Å². The summed E-state index contributed by atoms with van der Waals surface area (Å²) in [5, 5.41) is 7.24. The number of ether oxygens (including phenoxy) is 1. The van der Waals surface area contributed by atoms with Crippen molar-refractivity contribution in [1.82, 2.24) is 14.8 Å². The number of hydrogen-bond acceptors (Lipinski definition) is 4. The predicted molar refractivity (Wildman–Crippen MR) is 127 cm³/mol. The molecule has 3 aromatic carbocycles. The van der Waals surface area contributed by atoms with E-state index in [1.165, 1.54) is 16.8 Å². The van der Waals surface area contributed by atoms with E-state index < -0.39 is 11.7 Å². The van der Waals surface area contributed by atoms with Gasteiger partial charge in [0.2, 0.25) is 0 Å². The zero-order chi connectivity index (χ0) is 25.0. The number of halogens is 3. The lowest BCUT2D eigenvalue weighted by Gasteiger charge is -2.10. The molecule has 1 aromatic heterocycles. The fraction of sp³-hybridized carbons (Fsp3) is 0.192. The molecule has 4 rings (SSSR count). The molecule has 0 aliphatic heterocycles. The monoisotopic (exact) mass is 480 g/mol. The Kier molecular flexibility index (Phi) is 6.86. The molecule has 1 N–H and O–H groups in total. The first-order chi connectivity index (χ1) is 16.7. The van der Waals surface area contributed by atoms with Gasteiger partial charge in [-0.2, -0.15) is 18.2 Å². The summed E-state index contributed by atoms with van der Waals surface area (Å²) in [5.74, 6) is 0.330. The molecule has 180 valence electrons. The average Bonchev–Trinajstić information content (AvgIpc) is 3.28. The minimum absolute atomic E-state index is 0.120. The summed E-state index contributed by atoms with van der Waals surface area (Å²) in [6, 6.07) is 20.5. The third-order valence-electron chi connectivity index (χ3n) is 5.01. The number of carbonyl (C=O) groups excluding carboxylic acids is 1. The average molecular weight is 480 g/mol. The van der Waals surface area contributed by atoms with Crippen LogP contribution in [0.4, 0.5) is 18.9 Å². The van der Waals surface area contributed by atoms with Crippen LogP contribution in [0.1, 0.15) is 29.8 Å². The summed E-state index contributed by atoms with van der Waals surface area (Å²) in [4.78, 5) is 16.8. The zero-order valence-corrected chi connectivity index (χ0v) is 19.1. The Hall–Kier alpha value is -4.14. The molecule has 35 heavy (non-hydrogen) atoms. The van der Waals surface area contributed by atoms with E-state index in [4.69, 9.17) is 4.74 Å². The maximum Gasteiger partial charge on any atom is 0.416 e. The predicted octanol–water partition coefficient (Wildman–Crippen LogP) is 6.24. The van der Waals surface area contributed by atoms with Crippen LogP contribution in [0.2, 0.25) is 0 Å². The van der Waals surface area contributed by atoms with Crippen LogP contribution in [0.15, 0.2) is 78.9 Å². The van der Waals surface area contributed by atoms with Gasteiger partial charge >= 0.3 is 12.2 Å². The first kappa shape index (κ1) is 24.0. The molecule has 0 saturated carbocycles. The van der Waals surface area contributed by atoms with Crippen LogP contribution in [0.25, 0.3) is 17.1 Å². The Bertz CT molecular complexity index is 1280. The number of alkyl halides is 3. The molecule has 9 heteroatoms. The number of nitrogens with one attached hydrogen (secondary N) is 1.